The molecule has 0 aliphatic rings. The van der Waals surface area contributed by atoms with Crippen LogP contribution in [-0.2, 0) is 0 Å². The predicted octanol–water partition coefficient (Wildman–Crippen LogP) is 7.64. The zero-order valence-corrected chi connectivity index (χ0v) is 14.3. The second kappa shape index (κ2) is 18.7. The number of unbranched alkanes of at least 4 members (excludes halogenated alkanes) is 14. The molecule has 0 heteroatoms. The van der Waals surface area contributed by atoms with Crippen LogP contribution in [0.2, 0.25) is 0 Å². The lowest BCUT2D eigenvalue weighted by atomic mass is 10.0. The van der Waals surface area contributed by atoms with Gasteiger partial charge in [-0.25, -0.2) is 0 Å². The Balaban J connectivity index is 2.97. The lowest BCUT2D eigenvalue weighted by molar-refractivity contribution is 0.555. The largest absolute Gasteiger partial charge is 0.0885 e. The third-order valence-electron chi connectivity index (χ3n) is 3.96. The molecule has 0 aliphatic carbocycles. The van der Waals surface area contributed by atoms with Gasteiger partial charge in [0.05, 0.1) is 0 Å². The molecular formula is C20H39. The standard InChI is InChI=1S/C20H39/c1-3-5-7-9-11-13-15-17-19-20-18-16-14-12-10-8-6-4-2/h9,11,15H,3-8,10,12-14,16-20H2,1-2H3. The molecule has 0 amide bonds. The average molecular weight is 280 g/mol. The molecule has 1 radical (unpaired) electrons. The topological polar surface area (TPSA) is 0 Å². The first-order valence-corrected chi connectivity index (χ1v) is 9.38. The van der Waals surface area contributed by atoms with E-state index in [-0.39, 0.29) is 0 Å². The first-order valence-electron chi connectivity index (χ1n) is 9.38. The van der Waals surface area contributed by atoms with Crippen molar-refractivity contribution >= 4 is 0 Å². The summed E-state index contributed by atoms with van der Waals surface area (Å²) in [5.41, 5.74) is 0. The lowest BCUT2D eigenvalue weighted by Gasteiger charge is -2.02. The van der Waals surface area contributed by atoms with Crippen LogP contribution in [0.15, 0.2) is 12.2 Å². The van der Waals surface area contributed by atoms with Crippen molar-refractivity contribution in [2.75, 3.05) is 0 Å². The molecule has 0 aromatic heterocycles. The van der Waals surface area contributed by atoms with Crippen LogP contribution in [-0.4, -0.2) is 0 Å². The third-order valence-corrected chi connectivity index (χ3v) is 3.96. The summed E-state index contributed by atoms with van der Waals surface area (Å²) >= 11 is 0. The molecule has 0 aliphatic heterocycles. The van der Waals surface area contributed by atoms with Crippen molar-refractivity contribution in [1.29, 1.82) is 0 Å². The highest BCUT2D eigenvalue weighted by molar-refractivity contribution is 4.86. The van der Waals surface area contributed by atoms with Crippen LogP contribution in [0.25, 0.3) is 0 Å². The van der Waals surface area contributed by atoms with Gasteiger partial charge in [0.25, 0.3) is 0 Å². The summed E-state index contributed by atoms with van der Waals surface area (Å²) in [4.78, 5) is 0. The summed E-state index contributed by atoms with van der Waals surface area (Å²) < 4.78 is 0. The quantitative estimate of drug-likeness (QED) is 0.201. The molecule has 0 N–H and O–H groups in total. The minimum atomic E-state index is 1.18. The summed E-state index contributed by atoms with van der Waals surface area (Å²) in [7, 11) is 0. The van der Waals surface area contributed by atoms with Crippen molar-refractivity contribution in [3.05, 3.63) is 18.6 Å². The molecule has 0 unspecified atom stereocenters. The molecule has 0 heterocycles. The molecule has 119 valence electrons. The molecule has 0 atom stereocenters. The predicted molar refractivity (Wildman–Crippen MR) is 94.0 cm³/mol. The van der Waals surface area contributed by atoms with E-state index in [0.29, 0.717) is 0 Å². The maximum Gasteiger partial charge on any atom is -0.0319 e. The molecule has 0 nitrogen and oxygen atoms in total. The number of allylic oxidation sites excluding steroid dienone is 2. The van der Waals surface area contributed by atoms with Crippen LogP contribution < -0.4 is 0 Å². The van der Waals surface area contributed by atoms with Gasteiger partial charge < -0.3 is 0 Å². The molecular weight excluding hydrogens is 240 g/mol. The van der Waals surface area contributed by atoms with E-state index in [2.05, 4.69) is 32.4 Å². The van der Waals surface area contributed by atoms with E-state index in [1.54, 1.807) is 0 Å². The number of hydrogen-bond donors (Lipinski definition) is 0. The second-order valence-electron chi connectivity index (χ2n) is 6.11. The fourth-order valence-electron chi connectivity index (χ4n) is 2.53. The molecule has 0 bridgehead atoms. The number of hydrogen-bond acceptors (Lipinski definition) is 0. The molecule has 0 rings (SSSR count). The summed E-state index contributed by atoms with van der Waals surface area (Å²) in [6, 6.07) is 0. The highest BCUT2D eigenvalue weighted by Crippen LogP contribution is 2.12. The van der Waals surface area contributed by atoms with Crippen molar-refractivity contribution < 1.29 is 0 Å². The SMILES string of the molecule is CCCCC=CC[CH]CCCCCCCCCCCC. The normalized spacial score (nSPS) is 11.5. The van der Waals surface area contributed by atoms with Gasteiger partial charge in [-0.1, -0.05) is 103 Å². The zero-order chi connectivity index (χ0) is 14.7. The van der Waals surface area contributed by atoms with E-state index in [1.807, 2.05) is 0 Å². The molecule has 0 aromatic carbocycles. The maximum atomic E-state index is 2.45. The van der Waals surface area contributed by atoms with Gasteiger partial charge in [-0.15, -0.1) is 0 Å². The fourth-order valence-corrected chi connectivity index (χ4v) is 2.53. The van der Waals surface area contributed by atoms with Gasteiger partial charge in [0.2, 0.25) is 0 Å². The maximum absolute atomic E-state index is 2.45. The minimum Gasteiger partial charge on any atom is -0.0885 e. The lowest BCUT2D eigenvalue weighted by Crippen LogP contribution is -1.82. The van der Waals surface area contributed by atoms with E-state index in [9.17, 15) is 0 Å². The van der Waals surface area contributed by atoms with Crippen LogP contribution in [0.4, 0.5) is 0 Å². The molecule has 0 fully saturated rings. The summed E-state index contributed by atoms with van der Waals surface area (Å²) in [6.45, 7) is 4.54. The average Bonchev–Trinajstić information content (AvgIpc) is 2.47. The smallest absolute Gasteiger partial charge is 0.0319 e. The molecule has 20 heavy (non-hydrogen) atoms. The Morgan fingerprint density at radius 1 is 0.500 bits per heavy atom. The Bertz CT molecular complexity index is 180. The summed E-state index contributed by atoms with van der Waals surface area (Å²) in [5, 5.41) is 0. The first kappa shape index (κ1) is 19.7. The monoisotopic (exact) mass is 279 g/mol. The van der Waals surface area contributed by atoms with Gasteiger partial charge in [-0.3, -0.25) is 0 Å². The van der Waals surface area contributed by atoms with Crippen molar-refractivity contribution in [2.45, 2.75) is 110 Å². The van der Waals surface area contributed by atoms with Crippen LogP contribution in [0, 0.1) is 6.42 Å². The Hall–Kier alpha value is -0.260. The third kappa shape index (κ3) is 17.7. The first-order chi connectivity index (χ1) is 9.91. The van der Waals surface area contributed by atoms with E-state index < -0.39 is 0 Å². The number of rotatable bonds is 16. The van der Waals surface area contributed by atoms with Crippen LogP contribution in [0.1, 0.15) is 110 Å². The van der Waals surface area contributed by atoms with Gasteiger partial charge in [0, 0.05) is 0 Å². The van der Waals surface area contributed by atoms with Crippen LogP contribution >= 0.6 is 0 Å². The Morgan fingerprint density at radius 3 is 1.65 bits per heavy atom. The molecule has 0 spiro atoms. The van der Waals surface area contributed by atoms with Gasteiger partial charge in [0.15, 0.2) is 0 Å². The molecule has 0 aromatic rings. The zero-order valence-electron chi connectivity index (χ0n) is 14.3. The van der Waals surface area contributed by atoms with Crippen LogP contribution in [0.5, 0.6) is 0 Å². The summed E-state index contributed by atoms with van der Waals surface area (Å²) in [6.07, 6.45) is 28.0. The van der Waals surface area contributed by atoms with Crippen molar-refractivity contribution in [3.8, 4) is 0 Å². The molecule has 0 saturated heterocycles. The highest BCUT2D eigenvalue weighted by Gasteiger charge is 1.93. The van der Waals surface area contributed by atoms with Crippen molar-refractivity contribution in [1.82, 2.24) is 0 Å². The highest BCUT2D eigenvalue weighted by atomic mass is 14.0. The Morgan fingerprint density at radius 2 is 1.05 bits per heavy atom. The van der Waals surface area contributed by atoms with E-state index in [0.717, 1.165) is 0 Å². The van der Waals surface area contributed by atoms with Gasteiger partial charge >= 0.3 is 0 Å². The van der Waals surface area contributed by atoms with E-state index >= 15 is 0 Å². The van der Waals surface area contributed by atoms with E-state index in [4.69, 9.17) is 0 Å². The van der Waals surface area contributed by atoms with Gasteiger partial charge in [-0.05, 0) is 25.7 Å². The van der Waals surface area contributed by atoms with Crippen molar-refractivity contribution in [2.24, 2.45) is 0 Å². The minimum absolute atomic E-state index is 1.18. The van der Waals surface area contributed by atoms with E-state index in [1.165, 1.54) is 96.3 Å². The Labute approximate surface area is 129 Å². The fraction of sp³-hybridized carbons (Fsp3) is 0.850. The second-order valence-corrected chi connectivity index (χ2v) is 6.11. The van der Waals surface area contributed by atoms with Crippen molar-refractivity contribution in [3.63, 3.8) is 0 Å². The Kier molecular flexibility index (Phi) is 18.5. The van der Waals surface area contributed by atoms with Crippen LogP contribution in [0.3, 0.4) is 0 Å². The van der Waals surface area contributed by atoms with Gasteiger partial charge in [-0.2, -0.15) is 0 Å². The van der Waals surface area contributed by atoms with Gasteiger partial charge in [0.1, 0.15) is 0 Å². The molecule has 0 saturated carbocycles. The summed E-state index contributed by atoms with van der Waals surface area (Å²) in [5.74, 6) is 0.